The number of nitrogens with zero attached hydrogens (tertiary/aromatic N) is 2. The Kier molecular flexibility index (Phi) is 5.93. The van der Waals surface area contributed by atoms with Crippen LogP contribution in [0.4, 0.5) is 5.69 Å². The van der Waals surface area contributed by atoms with E-state index in [4.69, 9.17) is 27.6 Å². The minimum absolute atomic E-state index is 0.287. The van der Waals surface area contributed by atoms with Crippen molar-refractivity contribution >= 4 is 72.7 Å². The van der Waals surface area contributed by atoms with Crippen molar-refractivity contribution < 1.29 is 4.42 Å². The molecular weight excluding hydrogens is 509 g/mol. The first-order valence-corrected chi connectivity index (χ1v) is 10.9. The predicted molar refractivity (Wildman–Crippen MR) is 125 cm³/mol. The smallest absolute Gasteiger partial charge is 0.345 e. The van der Waals surface area contributed by atoms with Crippen LogP contribution in [-0.4, -0.2) is 4.98 Å². The molecule has 0 amide bonds. The highest BCUT2D eigenvalue weighted by Crippen LogP contribution is 2.29. The molecule has 2 aromatic heterocycles. The second-order valence-corrected chi connectivity index (χ2v) is 8.72. The molecule has 0 fully saturated rings. The molecule has 1 N–H and O–H groups in total. The first-order chi connectivity index (χ1) is 14.4. The van der Waals surface area contributed by atoms with Crippen molar-refractivity contribution in [2.75, 3.05) is 5.32 Å². The summed E-state index contributed by atoms with van der Waals surface area (Å²) >= 11 is 16.8. The van der Waals surface area contributed by atoms with E-state index in [2.05, 4.69) is 32.3 Å². The van der Waals surface area contributed by atoms with Crippen molar-refractivity contribution in [3.05, 3.63) is 84.0 Å². The summed E-state index contributed by atoms with van der Waals surface area (Å²) < 4.78 is 6.27. The average Bonchev–Trinajstić information content (AvgIpc) is 3.20. The van der Waals surface area contributed by atoms with Crippen LogP contribution in [0.5, 0.6) is 0 Å². The van der Waals surface area contributed by atoms with Gasteiger partial charge in [0.15, 0.2) is 0 Å². The first-order valence-electron chi connectivity index (χ1n) is 8.46. The molecule has 0 unspecified atom stereocenters. The van der Waals surface area contributed by atoms with Gasteiger partial charge in [0.2, 0.25) is 0 Å². The first kappa shape index (κ1) is 20.6. The van der Waals surface area contributed by atoms with Gasteiger partial charge in [-0.15, -0.1) is 11.3 Å². The van der Waals surface area contributed by atoms with Crippen LogP contribution in [0.3, 0.4) is 0 Å². The summed E-state index contributed by atoms with van der Waals surface area (Å²) in [7, 11) is 0. The molecule has 9 heteroatoms. The summed E-state index contributed by atoms with van der Waals surface area (Å²) in [4.78, 5) is 16.9. The number of thiazole rings is 1. The molecule has 0 spiro atoms. The van der Waals surface area contributed by atoms with E-state index >= 15 is 0 Å². The van der Waals surface area contributed by atoms with E-state index in [1.165, 1.54) is 17.5 Å². The molecule has 0 saturated carbocycles. The quantitative estimate of drug-likeness (QED) is 0.233. The third kappa shape index (κ3) is 4.27. The van der Waals surface area contributed by atoms with Crippen LogP contribution in [0.15, 0.2) is 67.7 Å². The van der Waals surface area contributed by atoms with E-state index in [0.29, 0.717) is 37.6 Å². The third-order valence-electron chi connectivity index (χ3n) is 4.13. The molecule has 0 saturated heterocycles. The predicted octanol–water partition coefficient (Wildman–Crippen LogP) is 6.96. The molecule has 2 aromatic carbocycles. The molecule has 5 nitrogen and oxygen atoms in total. The van der Waals surface area contributed by atoms with Crippen molar-refractivity contribution in [3.8, 4) is 17.3 Å². The molecule has 0 aliphatic rings. The second-order valence-electron chi connectivity index (χ2n) is 6.11. The molecule has 0 bridgehead atoms. The highest BCUT2D eigenvalue weighted by molar-refractivity contribution is 9.10. The van der Waals surface area contributed by atoms with Gasteiger partial charge in [0, 0.05) is 26.5 Å². The Morgan fingerprint density at radius 1 is 1.23 bits per heavy atom. The summed E-state index contributed by atoms with van der Waals surface area (Å²) in [5.74, 6) is 0. The monoisotopic (exact) mass is 517 g/mol. The van der Waals surface area contributed by atoms with Gasteiger partial charge in [-0.05, 0) is 42.5 Å². The van der Waals surface area contributed by atoms with Crippen LogP contribution in [-0.2, 0) is 0 Å². The number of fused-ring (bicyclic) bond motifs is 1. The molecule has 0 aliphatic carbocycles. The van der Waals surface area contributed by atoms with Gasteiger partial charge in [-0.2, -0.15) is 5.26 Å². The molecule has 0 radical (unpaired) electrons. The SMILES string of the molecule is N#C/C(=C\Nc1cc(Cl)ccc1Cl)c1nc(-c2cc3cc(Br)ccc3oc2=O)cs1. The number of hydrogen-bond acceptors (Lipinski definition) is 6. The fraction of sp³-hybridized carbons (Fsp3) is 0. The number of hydrogen-bond donors (Lipinski definition) is 1. The number of anilines is 1. The number of nitrogens with one attached hydrogen (secondary N) is 1. The number of halogens is 3. The topological polar surface area (TPSA) is 78.9 Å². The maximum Gasteiger partial charge on any atom is 0.345 e. The Morgan fingerprint density at radius 2 is 2.07 bits per heavy atom. The third-order valence-corrected chi connectivity index (χ3v) is 6.06. The lowest BCUT2D eigenvalue weighted by molar-refractivity contribution is 0.563. The summed E-state index contributed by atoms with van der Waals surface area (Å²) in [6.07, 6.45) is 1.50. The molecule has 0 atom stereocenters. The van der Waals surface area contributed by atoms with E-state index in [-0.39, 0.29) is 5.57 Å². The summed E-state index contributed by atoms with van der Waals surface area (Å²) in [6.45, 7) is 0. The van der Waals surface area contributed by atoms with Gasteiger partial charge < -0.3 is 9.73 Å². The lowest BCUT2D eigenvalue weighted by Gasteiger charge is -2.04. The van der Waals surface area contributed by atoms with E-state index in [9.17, 15) is 10.1 Å². The maximum absolute atomic E-state index is 12.4. The largest absolute Gasteiger partial charge is 0.422 e. The van der Waals surface area contributed by atoms with Gasteiger partial charge in [-0.1, -0.05) is 39.1 Å². The second kappa shape index (κ2) is 8.62. The number of rotatable bonds is 4. The molecule has 4 rings (SSSR count). The Morgan fingerprint density at radius 3 is 2.87 bits per heavy atom. The van der Waals surface area contributed by atoms with Crippen molar-refractivity contribution in [1.82, 2.24) is 4.98 Å². The number of benzene rings is 2. The number of allylic oxidation sites excluding steroid dienone is 1. The summed E-state index contributed by atoms with van der Waals surface area (Å²) in [6, 6.07) is 14.2. The molecule has 148 valence electrons. The fourth-order valence-electron chi connectivity index (χ4n) is 2.69. The minimum atomic E-state index is -0.493. The fourth-order valence-corrected chi connectivity index (χ4v) is 4.20. The van der Waals surface area contributed by atoms with Crippen LogP contribution in [0.2, 0.25) is 10.0 Å². The zero-order valence-electron chi connectivity index (χ0n) is 14.9. The average molecular weight is 519 g/mol. The maximum atomic E-state index is 12.4. The van der Waals surface area contributed by atoms with Gasteiger partial charge in [-0.25, -0.2) is 9.78 Å². The van der Waals surface area contributed by atoms with Crippen molar-refractivity contribution in [2.24, 2.45) is 0 Å². The van der Waals surface area contributed by atoms with Crippen LogP contribution in [0, 0.1) is 11.3 Å². The Hall–Kier alpha value is -2.63. The van der Waals surface area contributed by atoms with E-state index in [1.54, 1.807) is 41.8 Å². The summed E-state index contributed by atoms with van der Waals surface area (Å²) in [5.41, 5.74) is 1.61. The van der Waals surface area contributed by atoms with Gasteiger partial charge in [0.05, 0.1) is 22.0 Å². The normalized spacial score (nSPS) is 11.5. The van der Waals surface area contributed by atoms with Crippen molar-refractivity contribution in [3.63, 3.8) is 0 Å². The summed E-state index contributed by atoms with van der Waals surface area (Å²) in [5, 5.41) is 16.4. The van der Waals surface area contributed by atoms with Crippen LogP contribution >= 0.6 is 50.5 Å². The van der Waals surface area contributed by atoms with E-state index in [1.807, 2.05) is 6.07 Å². The standard InChI is InChI=1S/C21H10BrCl2N3O2S/c22-13-1-4-19-11(5-13)6-15(21(28)29-19)18-10-30-20(27-18)12(8-25)9-26-17-7-14(23)2-3-16(17)24/h1-7,9-10,26H/b12-9+. The Balaban J connectivity index is 1.68. The van der Waals surface area contributed by atoms with Crippen LogP contribution in [0.25, 0.3) is 27.8 Å². The van der Waals surface area contributed by atoms with Gasteiger partial charge in [0.25, 0.3) is 0 Å². The van der Waals surface area contributed by atoms with Gasteiger partial charge in [0.1, 0.15) is 22.2 Å². The highest BCUT2D eigenvalue weighted by Gasteiger charge is 2.14. The van der Waals surface area contributed by atoms with Gasteiger partial charge >= 0.3 is 5.63 Å². The molecule has 0 aliphatic heterocycles. The highest BCUT2D eigenvalue weighted by atomic mass is 79.9. The number of nitriles is 1. The van der Waals surface area contributed by atoms with Crippen LogP contribution in [0.1, 0.15) is 5.01 Å². The van der Waals surface area contributed by atoms with E-state index < -0.39 is 5.63 Å². The van der Waals surface area contributed by atoms with Gasteiger partial charge in [-0.3, -0.25) is 0 Å². The molecular formula is C21H10BrCl2N3O2S. The molecule has 4 aromatic rings. The lowest BCUT2D eigenvalue weighted by atomic mass is 10.1. The molecule has 30 heavy (non-hydrogen) atoms. The lowest BCUT2D eigenvalue weighted by Crippen LogP contribution is -2.03. The van der Waals surface area contributed by atoms with Crippen LogP contribution < -0.4 is 10.9 Å². The van der Waals surface area contributed by atoms with Crippen molar-refractivity contribution in [1.29, 1.82) is 5.26 Å². The van der Waals surface area contributed by atoms with Crippen molar-refractivity contribution in [2.45, 2.75) is 0 Å². The van der Waals surface area contributed by atoms with E-state index in [0.717, 1.165) is 9.86 Å². The Labute approximate surface area is 193 Å². The molecule has 2 heterocycles. The zero-order valence-corrected chi connectivity index (χ0v) is 18.9. The Bertz CT molecular complexity index is 1410. The zero-order chi connectivity index (χ0) is 21.3. The minimum Gasteiger partial charge on any atom is -0.422 e. The number of aromatic nitrogens is 1.